The lowest BCUT2D eigenvalue weighted by Crippen LogP contribution is -2.26. The number of ether oxygens (including phenoxy) is 2. The third kappa shape index (κ3) is 6.61. The van der Waals surface area contributed by atoms with Gasteiger partial charge in [0.2, 0.25) is 0 Å². The first-order chi connectivity index (χ1) is 19.4. The zero-order valence-corrected chi connectivity index (χ0v) is 24.4. The zero-order chi connectivity index (χ0) is 29.8. The topological polar surface area (TPSA) is 131 Å². The molecule has 2 N–H and O–H groups in total. The Hall–Kier alpha value is -4.55. The van der Waals surface area contributed by atoms with Crippen LogP contribution < -0.4 is 23.8 Å². The first-order valence-corrected chi connectivity index (χ1v) is 15.2. The maximum atomic E-state index is 13.0. The Balaban J connectivity index is 1.44. The van der Waals surface area contributed by atoms with Gasteiger partial charge >= 0.3 is 0 Å². The smallest absolute Gasteiger partial charge is 0.264 e. The van der Waals surface area contributed by atoms with E-state index in [4.69, 9.17) is 9.47 Å². The zero-order valence-electron chi connectivity index (χ0n) is 22.8. The number of hydrogen-bond acceptors (Lipinski definition) is 7. The lowest BCUT2D eigenvalue weighted by molar-refractivity contribution is 0.102. The van der Waals surface area contributed by atoms with Crippen LogP contribution in [0.2, 0.25) is 0 Å². The third-order valence-corrected chi connectivity index (χ3v) is 9.43. The summed E-state index contributed by atoms with van der Waals surface area (Å²) in [4.78, 5) is 12.9. The summed E-state index contributed by atoms with van der Waals surface area (Å²) in [5, 5.41) is 2.71. The van der Waals surface area contributed by atoms with Crippen molar-refractivity contribution in [2.75, 3.05) is 35.6 Å². The van der Waals surface area contributed by atoms with Crippen LogP contribution in [0.1, 0.15) is 15.9 Å². The summed E-state index contributed by atoms with van der Waals surface area (Å²) in [5.74, 6) is 0.327. The van der Waals surface area contributed by atoms with Crippen molar-refractivity contribution < 1.29 is 31.1 Å². The monoisotopic (exact) mass is 595 g/mol. The number of rotatable bonds is 10. The largest absolute Gasteiger partial charge is 0.497 e. The van der Waals surface area contributed by atoms with Gasteiger partial charge in [0.05, 0.1) is 35.4 Å². The minimum Gasteiger partial charge on any atom is -0.497 e. The Morgan fingerprint density at radius 2 is 1.37 bits per heavy atom. The van der Waals surface area contributed by atoms with Gasteiger partial charge in [0, 0.05) is 24.4 Å². The Labute approximate surface area is 239 Å². The molecule has 12 heteroatoms. The number of carbonyl (C=O) groups excluding carboxylic acids is 1. The SMILES string of the molecule is COc1ccc(OC)c(NS(=O)(=O)c2ccc(NC(=O)c3ccc(N(C)S(=O)(=O)c4ccc(C)cc4)cc3)cc2)c1. The highest BCUT2D eigenvalue weighted by molar-refractivity contribution is 7.93. The van der Waals surface area contributed by atoms with Crippen molar-refractivity contribution >= 4 is 43.0 Å². The van der Waals surface area contributed by atoms with Crippen LogP contribution in [0, 0.1) is 6.92 Å². The molecule has 41 heavy (non-hydrogen) atoms. The summed E-state index contributed by atoms with van der Waals surface area (Å²) in [5.41, 5.74) is 2.21. The Morgan fingerprint density at radius 1 is 0.756 bits per heavy atom. The molecule has 10 nitrogen and oxygen atoms in total. The molecule has 0 saturated heterocycles. The van der Waals surface area contributed by atoms with Crippen molar-refractivity contribution in [1.82, 2.24) is 0 Å². The standard InChI is InChI=1S/C29H29N3O7S2/c1-20-5-14-26(15-6-20)41(36,37)32(2)23-11-7-21(8-12-23)29(33)30-22-9-16-25(17-10-22)40(34,35)31-27-19-24(38-3)13-18-28(27)39-4/h5-19,31H,1-4H3,(H,30,33). The maximum Gasteiger partial charge on any atom is 0.264 e. The summed E-state index contributed by atoms with van der Waals surface area (Å²) in [7, 11) is -3.40. The fraction of sp³-hybridized carbons (Fsp3) is 0.138. The van der Waals surface area contributed by atoms with Gasteiger partial charge in [-0.2, -0.15) is 0 Å². The van der Waals surface area contributed by atoms with Crippen molar-refractivity contribution in [2.45, 2.75) is 16.7 Å². The van der Waals surface area contributed by atoms with Crippen LogP contribution in [0.3, 0.4) is 0 Å². The molecular weight excluding hydrogens is 566 g/mol. The van der Waals surface area contributed by atoms with Gasteiger partial charge in [-0.1, -0.05) is 17.7 Å². The number of aryl methyl sites for hydroxylation is 1. The molecule has 0 heterocycles. The van der Waals surface area contributed by atoms with E-state index in [2.05, 4.69) is 10.0 Å². The highest BCUT2D eigenvalue weighted by Gasteiger charge is 2.22. The minimum absolute atomic E-state index is 0.0254. The molecule has 0 saturated carbocycles. The Kier molecular flexibility index (Phi) is 8.55. The van der Waals surface area contributed by atoms with Crippen molar-refractivity contribution in [3.63, 3.8) is 0 Å². The molecule has 0 aliphatic heterocycles. The average molecular weight is 596 g/mol. The average Bonchev–Trinajstić information content (AvgIpc) is 2.97. The van der Waals surface area contributed by atoms with Crippen LogP contribution >= 0.6 is 0 Å². The van der Waals surface area contributed by atoms with Crippen LogP contribution in [0.25, 0.3) is 0 Å². The second kappa shape index (κ2) is 11.9. The lowest BCUT2D eigenvalue weighted by Gasteiger charge is -2.20. The fourth-order valence-corrected chi connectivity index (χ4v) is 6.10. The molecule has 214 valence electrons. The van der Waals surface area contributed by atoms with Crippen molar-refractivity contribution in [3.05, 3.63) is 102 Å². The normalized spacial score (nSPS) is 11.4. The van der Waals surface area contributed by atoms with E-state index in [9.17, 15) is 21.6 Å². The van der Waals surface area contributed by atoms with E-state index in [0.717, 1.165) is 9.87 Å². The molecule has 0 spiro atoms. The van der Waals surface area contributed by atoms with Gasteiger partial charge in [0.15, 0.2) is 0 Å². The molecule has 0 fully saturated rings. The van der Waals surface area contributed by atoms with Crippen LogP contribution in [0.5, 0.6) is 11.5 Å². The highest BCUT2D eigenvalue weighted by atomic mass is 32.2. The second-order valence-corrected chi connectivity index (χ2v) is 12.6. The number of hydrogen-bond donors (Lipinski definition) is 2. The fourth-order valence-electron chi connectivity index (χ4n) is 3.85. The summed E-state index contributed by atoms with van der Waals surface area (Å²) in [6, 6.07) is 23.0. The van der Waals surface area contributed by atoms with E-state index in [1.165, 1.54) is 75.9 Å². The summed E-state index contributed by atoms with van der Waals surface area (Å²) >= 11 is 0. The van der Waals surface area contributed by atoms with E-state index >= 15 is 0 Å². The molecule has 4 aromatic carbocycles. The van der Waals surface area contributed by atoms with Gasteiger partial charge in [-0.3, -0.25) is 13.8 Å². The highest BCUT2D eigenvalue weighted by Crippen LogP contribution is 2.31. The van der Waals surface area contributed by atoms with Crippen LogP contribution in [-0.2, 0) is 20.0 Å². The van der Waals surface area contributed by atoms with Gasteiger partial charge in [0.25, 0.3) is 26.0 Å². The predicted octanol–water partition coefficient (Wildman–Crippen LogP) is 4.89. The minimum atomic E-state index is -3.97. The van der Waals surface area contributed by atoms with Crippen molar-refractivity contribution in [2.24, 2.45) is 0 Å². The van der Waals surface area contributed by atoms with Gasteiger partial charge in [0.1, 0.15) is 11.5 Å². The van der Waals surface area contributed by atoms with Crippen LogP contribution in [-0.4, -0.2) is 44.0 Å². The van der Waals surface area contributed by atoms with Gasteiger partial charge in [-0.25, -0.2) is 16.8 Å². The van der Waals surface area contributed by atoms with Gasteiger partial charge in [-0.15, -0.1) is 0 Å². The van der Waals surface area contributed by atoms with Gasteiger partial charge < -0.3 is 14.8 Å². The Morgan fingerprint density at radius 3 is 1.95 bits per heavy atom. The van der Waals surface area contributed by atoms with E-state index in [-0.39, 0.29) is 15.5 Å². The van der Waals surface area contributed by atoms with Crippen molar-refractivity contribution in [3.8, 4) is 11.5 Å². The number of nitrogens with zero attached hydrogens (tertiary/aromatic N) is 1. The predicted molar refractivity (Wildman–Crippen MR) is 158 cm³/mol. The molecule has 0 unspecified atom stereocenters. The molecule has 0 aromatic heterocycles. The number of amides is 1. The Bertz CT molecular complexity index is 1760. The molecule has 0 atom stereocenters. The molecule has 4 rings (SSSR count). The van der Waals surface area contributed by atoms with E-state index in [1.807, 2.05) is 6.92 Å². The van der Waals surface area contributed by atoms with Crippen LogP contribution in [0.15, 0.2) is 101 Å². The molecule has 0 aliphatic rings. The summed E-state index contributed by atoms with van der Waals surface area (Å²) < 4.78 is 65.8. The molecular formula is C29H29N3O7S2. The number of carbonyl (C=O) groups is 1. The second-order valence-electron chi connectivity index (χ2n) is 8.98. The molecule has 0 aliphatic carbocycles. The summed E-state index contributed by atoms with van der Waals surface area (Å²) in [6.07, 6.45) is 0. The van der Waals surface area contributed by atoms with Crippen molar-refractivity contribution in [1.29, 1.82) is 0 Å². The molecule has 4 aromatic rings. The summed E-state index contributed by atoms with van der Waals surface area (Å²) in [6.45, 7) is 1.87. The number of benzene rings is 4. The quantitative estimate of drug-likeness (QED) is 0.267. The van der Waals surface area contributed by atoms with E-state index in [1.54, 1.807) is 36.4 Å². The van der Waals surface area contributed by atoms with E-state index < -0.39 is 26.0 Å². The number of nitrogens with one attached hydrogen (secondary N) is 2. The first-order valence-electron chi connectivity index (χ1n) is 12.3. The first kappa shape index (κ1) is 29.4. The molecule has 0 radical (unpaired) electrons. The molecule has 0 bridgehead atoms. The lowest BCUT2D eigenvalue weighted by atomic mass is 10.2. The third-order valence-electron chi connectivity index (χ3n) is 6.25. The number of sulfonamides is 2. The van der Waals surface area contributed by atoms with E-state index in [0.29, 0.717) is 28.4 Å². The number of anilines is 3. The molecule has 1 amide bonds. The number of methoxy groups -OCH3 is 2. The van der Waals surface area contributed by atoms with Gasteiger partial charge in [-0.05, 0) is 79.7 Å². The van der Waals surface area contributed by atoms with Crippen LogP contribution in [0.4, 0.5) is 17.1 Å². The maximum absolute atomic E-state index is 13.0.